The lowest BCUT2D eigenvalue weighted by atomic mass is 10.2. The van der Waals surface area contributed by atoms with Gasteiger partial charge in [0.2, 0.25) is 5.91 Å². The van der Waals surface area contributed by atoms with Crippen molar-refractivity contribution in [3.05, 3.63) is 39.9 Å². The van der Waals surface area contributed by atoms with E-state index in [4.69, 9.17) is 5.73 Å². The molecule has 3 rings (SSSR count). The monoisotopic (exact) mass is 398 g/mol. The van der Waals surface area contributed by atoms with Gasteiger partial charge in [-0.15, -0.1) is 10.2 Å². The van der Waals surface area contributed by atoms with E-state index < -0.39 is 0 Å². The number of benzene rings is 1. The normalized spacial score (nSPS) is 14.2. The molecule has 0 radical (unpaired) electrons. The molecular weight excluding hydrogens is 383 g/mol. The Morgan fingerprint density at radius 3 is 2.87 bits per heavy atom. The molecule has 1 fully saturated rings. The van der Waals surface area contributed by atoms with Crippen LogP contribution in [0.1, 0.15) is 36.6 Å². The Balaban J connectivity index is 1.75. The number of aromatic nitrogens is 3. The number of rotatable bonds is 7. The Kier molecular flexibility index (Phi) is 5.01. The number of nitrogens with two attached hydrogens (primary N) is 1. The van der Waals surface area contributed by atoms with Crippen molar-refractivity contribution in [2.45, 2.75) is 42.6 Å². The number of halogens is 2. The lowest BCUT2D eigenvalue weighted by Crippen LogP contribution is -2.15. The van der Waals surface area contributed by atoms with E-state index in [2.05, 4.69) is 26.1 Å². The molecule has 0 aliphatic heterocycles. The van der Waals surface area contributed by atoms with Crippen LogP contribution in [0.5, 0.6) is 0 Å². The summed E-state index contributed by atoms with van der Waals surface area (Å²) >= 11 is 4.89. The standard InChI is InChI=1S/C15H16BrFN4OS/c16-12-7-11(17)4-3-10(12)8-23-15-20-19-14(9-1-2-9)21(15)6-5-13(18)22/h3-4,7,9H,1-2,5-6,8H2,(H2,18,22). The Bertz CT molecular complexity index is 732. The third-order valence-corrected chi connectivity index (χ3v) is 5.40. The first kappa shape index (κ1) is 16.4. The second-order valence-electron chi connectivity index (χ2n) is 5.51. The molecule has 0 unspecified atom stereocenters. The third kappa shape index (κ3) is 4.11. The van der Waals surface area contributed by atoms with E-state index in [1.807, 2.05) is 4.57 Å². The number of primary amides is 1. The Labute approximate surface area is 146 Å². The molecule has 2 N–H and O–H groups in total. The molecule has 1 amide bonds. The summed E-state index contributed by atoms with van der Waals surface area (Å²) in [6, 6.07) is 4.63. The highest BCUT2D eigenvalue weighted by atomic mass is 79.9. The Hall–Kier alpha value is -1.41. The van der Waals surface area contributed by atoms with E-state index in [0.29, 0.717) is 18.2 Å². The molecular formula is C15H16BrFN4OS. The number of carbonyl (C=O) groups is 1. The van der Waals surface area contributed by atoms with E-state index >= 15 is 0 Å². The summed E-state index contributed by atoms with van der Waals surface area (Å²) in [6.45, 7) is 0.501. The van der Waals surface area contributed by atoms with Gasteiger partial charge in [0.05, 0.1) is 0 Å². The van der Waals surface area contributed by atoms with Crippen molar-refractivity contribution in [1.29, 1.82) is 0 Å². The summed E-state index contributed by atoms with van der Waals surface area (Å²) in [5.74, 6) is 1.42. The van der Waals surface area contributed by atoms with Gasteiger partial charge in [0, 0.05) is 29.1 Å². The predicted octanol–water partition coefficient (Wildman–Crippen LogP) is 3.22. The summed E-state index contributed by atoms with van der Waals surface area (Å²) in [7, 11) is 0. The van der Waals surface area contributed by atoms with Crippen molar-refractivity contribution in [2.24, 2.45) is 5.73 Å². The van der Waals surface area contributed by atoms with Gasteiger partial charge in [-0.05, 0) is 30.5 Å². The average Bonchev–Trinajstić information content (AvgIpc) is 3.25. The van der Waals surface area contributed by atoms with Gasteiger partial charge >= 0.3 is 0 Å². The highest BCUT2D eigenvalue weighted by Gasteiger charge is 2.30. The summed E-state index contributed by atoms with van der Waals surface area (Å²) < 4.78 is 15.9. The quantitative estimate of drug-likeness (QED) is 0.726. The largest absolute Gasteiger partial charge is 0.370 e. The van der Waals surface area contributed by atoms with E-state index in [1.165, 1.54) is 23.9 Å². The lowest BCUT2D eigenvalue weighted by molar-refractivity contribution is -0.118. The molecule has 0 bridgehead atoms. The van der Waals surface area contributed by atoms with Crippen LogP contribution in [0.4, 0.5) is 4.39 Å². The van der Waals surface area contributed by atoms with Crippen molar-refractivity contribution in [3.8, 4) is 0 Å². The Morgan fingerprint density at radius 2 is 2.22 bits per heavy atom. The van der Waals surface area contributed by atoms with Crippen LogP contribution in [-0.4, -0.2) is 20.7 Å². The molecule has 23 heavy (non-hydrogen) atoms. The number of thioether (sulfide) groups is 1. The topological polar surface area (TPSA) is 73.8 Å². The lowest BCUT2D eigenvalue weighted by Gasteiger charge is -2.09. The van der Waals surface area contributed by atoms with Crippen LogP contribution in [0.2, 0.25) is 0 Å². The first-order valence-electron chi connectivity index (χ1n) is 7.32. The van der Waals surface area contributed by atoms with Crippen LogP contribution in [0.15, 0.2) is 27.8 Å². The molecule has 8 heteroatoms. The highest BCUT2D eigenvalue weighted by Crippen LogP contribution is 2.40. The molecule has 2 aromatic rings. The van der Waals surface area contributed by atoms with Crippen LogP contribution >= 0.6 is 27.7 Å². The average molecular weight is 399 g/mol. The third-order valence-electron chi connectivity index (χ3n) is 3.64. The number of carbonyl (C=O) groups excluding carboxylic acids is 1. The number of amides is 1. The maximum atomic E-state index is 13.1. The second-order valence-corrected chi connectivity index (χ2v) is 7.30. The first-order chi connectivity index (χ1) is 11.0. The number of nitrogens with zero attached hydrogens (tertiary/aromatic N) is 3. The zero-order valence-corrected chi connectivity index (χ0v) is 14.7. The van der Waals surface area contributed by atoms with Gasteiger partial charge in [-0.25, -0.2) is 4.39 Å². The molecule has 1 saturated carbocycles. The maximum Gasteiger partial charge on any atom is 0.219 e. The van der Waals surface area contributed by atoms with Gasteiger partial charge in [0.15, 0.2) is 5.16 Å². The van der Waals surface area contributed by atoms with Crippen molar-refractivity contribution in [3.63, 3.8) is 0 Å². The minimum absolute atomic E-state index is 0.269. The predicted molar refractivity (Wildman–Crippen MR) is 89.5 cm³/mol. The molecule has 1 aliphatic rings. The van der Waals surface area contributed by atoms with Crippen LogP contribution in [-0.2, 0) is 17.1 Å². The molecule has 1 aliphatic carbocycles. The van der Waals surface area contributed by atoms with Crippen LogP contribution < -0.4 is 5.73 Å². The van der Waals surface area contributed by atoms with Crippen molar-refractivity contribution >= 4 is 33.6 Å². The van der Waals surface area contributed by atoms with Gasteiger partial charge in [-0.1, -0.05) is 33.8 Å². The SMILES string of the molecule is NC(=O)CCn1c(SCc2ccc(F)cc2Br)nnc1C1CC1. The zero-order chi connectivity index (χ0) is 16.4. The van der Waals surface area contributed by atoms with E-state index in [9.17, 15) is 9.18 Å². The molecule has 5 nitrogen and oxygen atoms in total. The van der Waals surface area contributed by atoms with E-state index in [-0.39, 0.29) is 18.1 Å². The minimum atomic E-state index is -0.335. The summed E-state index contributed by atoms with van der Waals surface area (Å²) in [5.41, 5.74) is 6.24. The summed E-state index contributed by atoms with van der Waals surface area (Å²) in [5, 5.41) is 9.29. The van der Waals surface area contributed by atoms with Crippen molar-refractivity contribution < 1.29 is 9.18 Å². The summed E-state index contributed by atoms with van der Waals surface area (Å²) in [6.07, 6.45) is 2.50. The first-order valence-corrected chi connectivity index (χ1v) is 9.10. The molecule has 0 atom stereocenters. The van der Waals surface area contributed by atoms with E-state index in [0.717, 1.165) is 33.9 Å². The van der Waals surface area contributed by atoms with Gasteiger partial charge in [0.25, 0.3) is 0 Å². The molecule has 0 saturated heterocycles. The molecule has 1 heterocycles. The Morgan fingerprint density at radius 1 is 1.43 bits per heavy atom. The fourth-order valence-electron chi connectivity index (χ4n) is 2.26. The van der Waals surface area contributed by atoms with Crippen molar-refractivity contribution in [1.82, 2.24) is 14.8 Å². The molecule has 0 spiro atoms. The molecule has 1 aromatic heterocycles. The second kappa shape index (κ2) is 7.00. The van der Waals surface area contributed by atoms with Gasteiger partial charge < -0.3 is 10.3 Å². The molecule has 122 valence electrons. The van der Waals surface area contributed by atoms with Crippen LogP contribution in [0.3, 0.4) is 0 Å². The number of hydrogen-bond donors (Lipinski definition) is 1. The van der Waals surface area contributed by atoms with Crippen LogP contribution in [0, 0.1) is 5.82 Å². The smallest absolute Gasteiger partial charge is 0.219 e. The fourth-order valence-corrected chi connectivity index (χ4v) is 3.92. The number of hydrogen-bond acceptors (Lipinski definition) is 4. The zero-order valence-electron chi connectivity index (χ0n) is 12.3. The van der Waals surface area contributed by atoms with Gasteiger partial charge in [-0.3, -0.25) is 4.79 Å². The van der Waals surface area contributed by atoms with Crippen LogP contribution in [0.25, 0.3) is 0 Å². The van der Waals surface area contributed by atoms with E-state index in [1.54, 1.807) is 6.07 Å². The minimum Gasteiger partial charge on any atom is -0.370 e. The highest BCUT2D eigenvalue weighted by molar-refractivity contribution is 9.10. The maximum absolute atomic E-state index is 13.1. The van der Waals surface area contributed by atoms with Gasteiger partial charge in [-0.2, -0.15) is 0 Å². The molecule has 1 aromatic carbocycles. The van der Waals surface area contributed by atoms with Gasteiger partial charge in [0.1, 0.15) is 11.6 Å². The summed E-state index contributed by atoms with van der Waals surface area (Å²) in [4.78, 5) is 11.1. The fraction of sp³-hybridized carbons (Fsp3) is 0.400. The van der Waals surface area contributed by atoms with Crippen molar-refractivity contribution in [2.75, 3.05) is 0 Å².